The molecule has 0 heterocycles. The van der Waals surface area contributed by atoms with Gasteiger partial charge >= 0.3 is 0 Å². The molecule has 6 heteroatoms. The van der Waals surface area contributed by atoms with Crippen molar-refractivity contribution in [3.05, 3.63) is 101 Å². The van der Waals surface area contributed by atoms with Crippen molar-refractivity contribution in [1.29, 1.82) is 0 Å². The second-order valence-electron chi connectivity index (χ2n) is 6.45. The lowest BCUT2D eigenvalue weighted by atomic mass is 10.1. The van der Waals surface area contributed by atoms with Crippen LogP contribution in [0.2, 0.25) is 0 Å². The minimum Gasteiger partial charge on any atom is -0.348 e. The molecule has 5 nitrogen and oxygen atoms in total. The maximum atomic E-state index is 12.6. The quantitative estimate of drug-likeness (QED) is 0.645. The van der Waals surface area contributed by atoms with Crippen LogP contribution >= 0.6 is 0 Å². The summed E-state index contributed by atoms with van der Waals surface area (Å²) in [5.41, 5.74) is 3.27. The second-order valence-corrected chi connectivity index (χ2v) is 8.21. The molecule has 3 rings (SSSR count). The molecule has 144 valence electrons. The molecule has 2 N–H and O–H groups in total. The molecule has 28 heavy (non-hydrogen) atoms. The number of amides is 1. The molecule has 0 unspecified atom stereocenters. The maximum Gasteiger partial charge on any atom is 0.251 e. The SMILES string of the molecule is Cc1ccccc1CNC(=O)c1cccc(S(=O)(=O)NCc2ccccc2)c1. The van der Waals surface area contributed by atoms with Crippen LogP contribution in [0, 0.1) is 6.92 Å². The van der Waals surface area contributed by atoms with Gasteiger partial charge in [-0.1, -0.05) is 60.7 Å². The van der Waals surface area contributed by atoms with E-state index >= 15 is 0 Å². The monoisotopic (exact) mass is 394 g/mol. The van der Waals surface area contributed by atoms with Crippen molar-refractivity contribution in [2.24, 2.45) is 0 Å². The molecule has 0 aliphatic rings. The van der Waals surface area contributed by atoms with Crippen LogP contribution in [-0.2, 0) is 23.1 Å². The van der Waals surface area contributed by atoms with Crippen LogP contribution in [0.4, 0.5) is 0 Å². The molecule has 0 atom stereocenters. The van der Waals surface area contributed by atoms with E-state index in [1.807, 2.05) is 61.5 Å². The van der Waals surface area contributed by atoms with E-state index in [1.54, 1.807) is 12.1 Å². The average Bonchev–Trinajstić information content (AvgIpc) is 2.72. The summed E-state index contributed by atoms with van der Waals surface area (Å²) in [5, 5.41) is 2.84. The Labute approximate surface area is 165 Å². The van der Waals surface area contributed by atoms with Gasteiger partial charge in [-0.25, -0.2) is 13.1 Å². The number of nitrogens with one attached hydrogen (secondary N) is 2. The third-order valence-electron chi connectivity index (χ3n) is 4.42. The average molecular weight is 394 g/mol. The summed E-state index contributed by atoms with van der Waals surface area (Å²) in [6.07, 6.45) is 0. The summed E-state index contributed by atoms with van der Waals surface area (Å²) in [7, 11) is -3.72. The molecule has 0 saturated carbocycles. The molecule has 0 saturated heterocycles. The second kappa shape index (κ2) is 8.82. The summed E-state index contributed by atoms with van der Waals surface area (Å²) in [4.78, 5) is 12.5. The van der Waals surface area contributed by atoms with Gasteiger partial charge in [0.15, 0.2) is 0 Å². The number of benzene rings is 3. The third-order valence-corrected chi connectivity index (χ3v) is 5.82. The number of aryl methyl sites for hydroxylation is 1. The van der Waals surface area contributed by atoms with Crippen LogP contribution in [0.5, 0.6) is 0 Å². The highest BCUT2D eigenvalue weighted by molar-refractivity contribution is 7.89. The number of carbonyl (C=O) groups excluding carboxylic acids is 1. The molecule has 0 aromatic heterocycles. The summed E-state index contributed by atoms with van der Waals surface area (Å²) in [6, 6.07) is 23.1. The predicted octanol–water partition coefficient (Wildman–Crippen LogP) is 3.40. The largest absolute Gasteiger partial charge is 0.348 e. The number of sulfonamides is 1. The summed E-state index contributed by atoms with van der Waals surface area (Å²) < 4.78 is 27.7. The van der Waals surface area contributed by atoms with E-state index in [4.69, 9.17) is 0 Å². The van der Waals surface area contributed by atoms with Gasteiger partial charge in [0.05, 0.1) is 4.90 Å². The van der Waals surface area contributed by atoms with Gasteiger partial charge in [-0.05, 0) is 41.8 Å². The lowest BCUT2D eigenvalue weighted by molar-refractivity contribution is 0.0950. The van der Waals surface area contributed by atoms with E-state index in [2.05, 4.69) is 10.0 Å². The van der Waals surface area contributed by atoms with E-state index in [9.17, 15) is 13.2 Å². The fourth-order valence-corrected chi connectivity index (χ4v) is 3.81. The van der Waals surface area contributed by atoms with E-state index in [0.717, 1.165) is 16.7 Å². The molecular formula is C22H22N2O3S. The smallest absolute Gasteiger partial charge is 0.251 e. The van der Waals surface area contributed by atoms with E-state index in [1.165, 1.54) is 12.1 Å². The lowest BCUT2D eigenvalue weighted by Gasteiger charge is -2.10. The molecular weight excluding hydrogens is 372 g/mol. The standard InChI is InChI=1S/C22H22N2O3S/c1-17-8-5-6-11-20(17)16-23-22(25)19-12-7-13-21(14-19)28(26,27)24-15-18-9-3-2-4-10-18/h2-14,24H,15-16H2,1H3,(H,23,25). The van der Waals surface area contributed by atoms with Crippen LogP contribution < -0.4 is 10.0 Å². The molecule has 3 aromatic carbocycles. The zero-order valence-electron chi connectivity index (χ0n) is 15.6. The van der Waals surface area contributed by atoms with E-state index in [-0.39, 0.29) is 17.3 Å². The zero-order chi connectivity index (χ0) is 20.0. The lowest BCUT2D eigenvalue weighted by Crippen LogP contribution is -2.25. The number of hydrogen-bond donors (Lipinski definition) is 2. The van der Waals surface area contributed by atoms with Crippen LogP contribution in [0.3, 0.4) is 0 Å². The Morgan fingerprint density at radius 3 is 2.32 bits per heavy atom. The van der Waals surface area contributed by atoms with Crippen molar-refractivity contribution < 1.29 is 13.2 Å². The fourth-order valence-electron chi connectivity index (χ4n) is 2.75. The highest BCUT2D eigenvalue weighted by Gasteiger charge is 2.16. The van der Waals surface area contributed by atoms with Gasteiger partial charge in [-0.15, -0.1) is 0 Å². The van der Waals surface area contributed by atoms with Gasteiger partial charge in [-0.3, -0.25) is 4.79 Å². The van der Waals surface area contributed by atoms with E-state index in [0.29, 0.717) is 12.1 Å². The number of rotatable bonds is 7. The highest BCUT2D eigenvalue weighted by atomic mass is 32.2. The maximum absolute atomic E-state index is 12.6. The van der Waals surface area contributed by atoms with Crippen LogP contribution in [0.15, 0.2) is 83.8 Å². The Morgan fingerprint density at radius 1 is 0.857 bits per heavy atom. The first kappa shape index (κ1) is 19.8. The topological polar surface area (TPSA) is 75.3 Å². The van der Waals surface area contributed by atoms with Gasteiger partial charge in [0, 0.05) is 18.7 Å². The van der Waals surface area contributed by atoms with E-state index < -0.39 is 10.0 Å². The van der Waals surface area contributed by atoms with Gasteiger partial charge in [-0.2, -0.15) is 0 Å². The molecule has 0 radical (unpaired) electrons. The molecule has 0 bridgehead atoms. The van der Waals surface area contributed by atoms with Crippen molar-refractivity contribution in [1.82, 2.24) is 10.0 Å². The molecule has 3 aromatic rings. The van der Waals surface area contributed by atoms with Crippen LogP contribution in [0.1, 0.15) is 27.0 Å². The predicted molar refractivity (Wildman–Crippen MR) is 109 cm³/mol. The number of hydrogen-bond acceptors (Lipinski definition) is 3. The minimum absolute atomic E-state index is 0.0620. The van der Waals surface area contributed by atoms with Crippen LogP contribution in [0.25, 0.3) is 0 Å². The molecule has 1 amide bonds. The summed E-state index contributed by atoms with van der Waals surface area (Å²) >= 11 is 0. The molecule has 0 aliphatic carbocycles. The zero-order valence-corrected chi connectivity index (χ0v) is 16.4. The van der Waals surface area contributed by atoms with Crippen molar-refractivity contribution >= 4 is 15.9 Å². The van der Waals surface area contributed by atoms with Crippen LogP contribution in [-0.4, -0.2) is 14.3 Å². The third kappa shape index (κ3) is 5.06. The molecule has 0 spiro atoms. The fraction of sp³-hybridized carbons (Fsp3) is 0.136. The van der Waals surface area contributed by atoms with Crippen molar-refractivity contribution in [3.63, 3.8) is 0 Å². The van der Waals surface area contributed by atoms with Crippen molar-refractivity contribution in [2.45, 2.75) is 24.9 Å². The minimum atomic E-state index is -3.72. The first-order valence-corrected chi connectivity index (χ1v) is 10.4. The normalized spacial score (nSPS) is 11.2. The first-order chi connectivity index (χ1) is 13.5. The van der Waals surface area contributed by atoms with Crippen molar-refractivity contribution in [3.8, 4) is 0 Å². The Balaban J connectivity index is 1.68. The first-order valence-electron chi connectivity index (χ1n) is 8.92. The summed E-state index contributed by atoms with van der Waals surface area (Å²) in [6.45, 7) is 2.55. The Morgan fingerprint density at radius 2 is 1.57 bits per heavy atom. The van der Waals surface area contributed by atoms with Gasteiger partial charge in [0.1, 0.15) is 0 Å². The van der Waals surface area contributed by atoms with Crippen molar-refractivity contribution in [2.75, 3.05) is 0 Å². The summed E-state index contributed by atoms with van der Waals surface area (Å²) in [5.74, 6) is -0.316. The van der Waals surface area contributed by atoms with Gasteiger partial charge < -0.3 is 5.32 Å². The molecule has 0 fully saturated rings. The Bertz CT molecular complexity index is 1060. The Hall–Kier alpha value is -2.96. The van der Waals surface area contributed by atoms with Gasteiger partial charge in [0.25, 0.3) is 5.91 Å². The molecule has 0 aliphatic heterocycles. The Kier molecular flexibility index (Phi) is 6.23. The van der Waals surface area contributed by atoms with Gasteiger partial charge in [0.2, 0.25) is 10.0 Å². The highest BCUT2D eigenvalue weighted by Crippen LogP contribution is 2.13. The number of carbonyl (C=O) groups is 1.